The summed E-state index contributed by atoms with van der Waals surface area (Å²) in [5, 5.41) is 27.2. The number of nitriles is 1. The van der Waals surface area contributed by atoms with E-state index in [0.717, 1.165) is 0 Å². The maximum atomic E-state index is 12.4. The molecular weight excluding hydrogens is 507 g/mol. The Morgan fingerprint density at radius 1 is 1.08 bits per heavy atom. The summed E-state index contributed by atoms with van der Waals surface area (Å²) in [5.41, 5.74) is 2.00. The van der Waals surface area contributed by atoms with Gasteiger partial charge in [0.05, 0.1) is 16.3 Å². The first kappa shape index (κ1) is 24.7. The Balaban J connectivity index is 1.60. The molecule has 0 atom stereocenters. The maximum Gasteiger partial charge on any atom is 0.322 e. The number of carbonyl (C=O) groups is 2. The fourth-order valence-corrected chi connectivity index (χ4v) is 3.74. The van der Waals surface area contributed by atoms with Gasteiger partial charge in [0, 0.05) is 42.1 Å². The average Bonchev–Trinajstić information content (AvgIpc) is 3.30. The zero-order valence-corrected chi connectivity index (χ0v) is 20.0. The number of nitrogens with zero attached hydrogens (tertiary/aromatic N) is 5. The summed E-state index contributed by atoms with van der Waals surface area (Å²) in [7, 11) is 0. The number of hydrogen-bond acceptors (Lipinski definition) is 8. The van der Waals surface area contributed by atoms with Gasteiger partial charge in [-0.05, 0) is 30.3 Å². The van der Waals surface area contributed by atoms with Crippen LogP contribution in [0.15, 0.2) is 48.8 Å². The van der Waals surface area contributed by atoms with Crippen LogP contribution in [0.5, 0.6) is 0 Å². The predicted octanol–water partition coefficient (Wildman–Crippen LogP) is 3.31. The molecular formula is C23H18Cl2N8O3. The minimum absolute atomic E-state index is 0.0281. The fourth-order valence-electron chi connectivity index (χ4n) is 3.23. The number of anilines is 2. The van der Waals surface area contributed by atoms with E-state index in [-0.39, 0.29) is 5.69 Å². The van der Waals surface area contributed by atoms with Crippen LogP contribution in [0.2, 0.25) is 10.0 Å². The third-order valence-corrected chi connectivity index (χ3v) is 5.45. The molecule has 11 nitrogen and oxygen atoms in total. The Kier molecular flexibility index (Phi) is 7.48. The van der Waals surface area contributed by atoms with E-state index in [0.29, 0.717) is 57.4 Å². The van der Waals surface area contributed by atoms with Crippen LogP contribution in [-0.2, 0) is 4.79 Å². The van der Waals surface area contributed by atoms with E-state index in [9.17, 15) is 9.59 Å². The third kappa shape index (κ3) is 5.80. The molecule has 0 radical (unpaired) electrons. The molecule has 36 heavy (non-hydrogen) atoms. The minimum Gasteiger partial charge on any atom is -0.480 e. The van der Waals surface area contributed by atoms with Crippen molar-refractivity contribution in [3.8, 4) is 17.3 Å². The highest BCUT2D eigenvalue weighted by Gasteiger charge is 2.17. The molecule has 1 amide bonds. The second-order valence-corrected chi connectivity index (χ2v) is 8.26. The second kappa shape index (κ2) is 10.9. The van der Waals surface area contributed by atoms with Gasteiger partial charge in [0.1, 0.15) is 29.8 Å². The smallest absolute Gasteiger partial charge is 0.322 e. The van der Waals surface area contributed by atoms with Crippen molar-refractivity contribution < 1.29 is 14.7 Å². The van der Waals surface area contributed by atoms with Crippen LogP contribution in [0.1, 0.15) is 16.1 Å². The zero-order valence-electron chi connectivity index (χ0n) is 18.5. The molecule has 0 bridgehead atoms. The number of aliphatic carboxylic acids is 1. The van der Waals surface area contributed by atoms with E-state index in [2.05, 4.69) is 30.9 Å². The number of carbonyl (C=O) groups excluding carboxylic acids is 1. The van der Waals surface area contributed by atoms with Crippen LogP contribution in [0.25, 0.3) is 16.9 Å². The molecule has 1 aromatic carbocycles. The van der Waals surface area contributed by atoms with E-state index in [1.165, 1.54) is 12.4 Å². The number of halogens is 2. The van der Waals surface area contributed by atoms with Gasteiger partial charge in [-0.3, -0.25) is 14.0 Å². The van der Waals surface area contributed by atoms with E-state index in [1.54, 1.807) is 40.8 Å². The van der Waals surface area contributed by atoms with Crippen LogP contribution >= 0.6 is 23.2 Å². The lowest BCUT2D eigenvalue weighted by Crippen LogP contribution is -2.29. The number of benzene rings is 1. The quantitative estimate of drug-likeness (QED) is 0.241. The lowest BCUT2D eigenvalue weighted by molar-refractivity contribution is -0.135. The predicted molar refractivity (Wildman–Crippen MR) is 134 cm³/mol. The number of imidazole rings is 1. The third-order valence-electron chi connectivity index (χ3n) is 4.90. The van der Waals surface area contributed by atoms with Crippen LogP contribution < -0.4 is 16.0 Å². The molecule has 0 aliphatic heterocycles. The van der Waals surface area contributed by atoms with Crippen LogP contribution in [0, 0.1) is 11.3 Å². The topological polar surface area (TPSA) is 157 Å². The number of nitrogens with one attached hydrogen (secondary N) is 3. The molecule has 0 aliphatic carbocycles. The first-order valence-electron chi connectivity index (χ1n) is 10.5. The number of pyridine rings is 1. The van der Waals surface area contributed by atoms with Gasteiger partial charge in [0.15, 0.2) is 0 Å². The van der Waals surface area contributed by atoms with Gasteiger partial charge in [-0.1, -0.05) is 23.2 Å². The normalized spacial score (nSPS) is 10.6. The van der Waals surface area contributed by atoms with Crippen molar-refractivity contribution in [3.05, 3.63) is 70.1 Å². The van der Waals surface area contributed by atoms with Crippen molar-refractivity contribution >= 4 is 52.5 Å². The molecule has 3 heterocycles. The Morgan fingerprint density at radius 3 is 2.58 bits per heavy atom. The van der Waals surface area contributed by atoms with Gasteiger partial charge in [0.2, 0.25) is 5.95 Å². The highest BCUT2D eigenvalue weighted by atomic mass is 35.5. The summed E-state index contributed by atoms with van der Waals surface area (Å²) in [4.78, 5) is 36.3. The number of carboxylic acid groups (broad SMARTS) is 1. The van der Waals surface area contributed by atoms with Crippen molar-refractivity contribution in [1.82, 2.24) is 24.7 Å². The van der Waals surface area contributed by atoms with Crippen molar-refractivity contribution in [3.63, 3.8) is 0 Å². The summed E-state index contributed by atoms with van der Waals surface area (Å²) >= 11 is 12.4. The molecule has 4 aromatic rings. The molecule has 13 heteroatoms. The highest BCUT2D eigenvalue weighted by Crippen LogP contribution is 2.30. The van der Waals surface area contributed by atoms with Gasteiger partial charge >= 0.3 is 5.97 Å². The molecule has 0 unspecified atom stereocenters. The SMILES string of the molecule is N#Cc1ccc(NCCNc2nc(-c3ccc(Cl)cc3Cl)cc3nc(C(=O)NCC(=O)O)cn23)nc1. The van der Waals surface area contributed by atoms with Crippen LogP contribution in [0.4, 0.5) is 11.8 Å². The zero-order chi connectivity index (χ0) is 25.7. The van der Waals surface area contributed by atoms with E-state index >= 15 is 0 Å². The lowest BCUT2D eigenvalue weighted by atomic mass is 10.1. The largest absolute Gasteiger partial charge is 0.480 e. The highest BCUT2D eigenvalue weighted by molar-refractivity contribution is 6.36. The Bertz CT molecular complexity index is 1480. The standard InChI is InChI=1S/C23H18Cl2N8O3/c24-14-2-3-15(16(25)7-14)17-8-20-31-18(22(36)30-11-21(34)35)12-33(20)23(32-17)28-6-5-27-19-4-1-13(9-26)10-29-19/h1-4,7-8,10,12H,5-6,11H2,(H,27,29)(H,28,32)(H,30,36)(H,34,35). The van der Waals surface area contributed by atoms with Gasteiger partial charge in [-0.2, -0.15) is 5.26 Å². The monoisotopic (exact) mass is 524 g/mol. The summed E-state index contributed by atoms with van der Waals surface area (Å²) in [6, 6.07) is 12.1. The fraction of sp³-hybridized carbons (Fsp3) is 0.130. The molecule has 0 spiro atoms. The Hall–Kier alpha value is -4.40. The average molecular weight is 525 g/mol. The van der Waals surface area contributed by atoms with Gasteiger partial charge in [-0.25, -0.2) is 15.0 Å². The van der Waals surface area contributed by atoms with E-state index < -0.39 is 18.4 Å². The lowest BCUT2D eigenvalue weighted by Gasteiger charge is -2.12. The number of amides is 1. The summed E-state index contributed by atoms with van der Waals surface area (Å²) in [6.07, 6.45) is 2.94. The van der Waals surface area contributed by atoms with Crippen molar-refractivity contribution in [2.45, 2.75) is 0 Å². The van der Waals surface area contributed by atoms with Crippen LogP contribution in [0.3, 0.4) is 0 Å². The van der Waals surface area contributed by atoms with Gasteiger partial charge < -0.3 is 21.1 Å². The molecule has 0 aliphatic rings. The van der Waals surface area contributed by atoms with Crippen molar-refractivity contribution in [2.24, 2.45) is 0 Å². The van der Waals surface area contributed by atoms with Gasteiger partial charge in [0.25, 0.3) is 5.91 Å². The van der Waals surface area contributed by atoms with Gasteiger partial charge in [-0.15, -0.1) is 0 Å². The molecule has 182 valence electrons. The summed E-state index contributed by atoms with van der Waals surface area (Å²) in [6.45, 7) is 0.353. The molecule has 0 fully saturated rings. The molecule has 0 saturated heterocycles. The number of rotatable bonds is 9. The summed E-state index contributed by atoms with van der Waals surface area (Å²) < 4.78 is 1.59. The molecule has 4 rings (SSSR count). The first-order chi connectivity index (χ1) is 17.3. The van der Waals surface area contributed by atoms with Crippen molar-refractivity contribution in [1.29, 1.82) is 5.26 Å². The second-order valence-electron chi connectivity index (χ2n) is 7.42. The molecule has 3 aromatic heterocycles. The van der Waals surface area contributed by atoms with Crippen LogP contribution in [-0.4, -0.2) is 56.0 Å². The Labute approximate surface area is 214 Å². The van der Waals surface area contributed by atoms with E-state index in [1.807, 2.05) is 6.07 Å². The number of carboxylic acids is 1. The summed E-state index contributed by atoms with van der Waals surface area (Å²) in [5.74, 6) is -0.810. The Morgan fingerprint density at radius 2 is 1.89 bits per heavy atom. The molecule has 0 saturated carbocycles. The minimum atomic E-state index is -1.17. The number of fused-ring (bicyclic) bond motifs is 1. The number of aromatic nitrogens is 4. The molecule has 4 N–H and O–H groups in total. The maximum absolute atomic E-state index is 12.4. The van der Waals surface area contributed by atoms with Crippen molar-refractivity contribution in [2.75, 3.05) is 30.3 Å². The first-order valence-corrected chi connectivity index (χ1v) is 11.3. The van der Waals surface area contributed by atoms with E-state index in [4.69, 9.17) is 33.6 Å². The number of hydrogen-bond donors (Lipinski definition) is 4.